The minimum Gasteiger partial charge on any atom is -0.319 e. The SMILES string of the molecule is CCc1cc(C(=O)Nc2ccncc2F)cc(Cl)n1. The number of anilines is 1. The second-order valence-electron chi connectivity index (χ2n) is 3.83. The summed E-state index contributed by atoms with van der Waals surface area (Å²) in [6.07, 6.45) is 3.09. The van der Waals surface area contributed by atoms with Crippen molar-refractivity contribution in [1.82, 2.24) is 9.97 Å². The molecule has 0 spiro atoms. The molecule has 4 nitrogen and oxygen atoms in total. The molecule has 0 radical (unpaired) electrons. The number of halogens is 2. The first-order valence-corrected chi connectivity index (χ1v) is 6.05. The Kier molecular flexibility index (Phi) is 4.06. The highest BCUT2D eigenvalue weighted by Gasteiger charge is 2.11. The number of nitrogens with zero attached hydrogens (tertiary/aromatic N) is 2. The van der Waals surface area contributed by atoms with E-state index in [0.29, 0.717) is 17.7 Å². The Bertz CT molecular complexity index is 619. The molecule has 1 N–H and O–H groups in total. The fourth-order valence-corrected chi connectivity index (χ4v) is 1.76. The van der Waals surface area contributed by atoms with E-state index in [1.807, 2.05) is 6.92 Å². The van der Waals surface area contributed by atoms with E-state index in [2.05, 4.69) is 15.3 Å². The zero-order chi connectivity index (χ0) is 13.8. The van der Waals surface area contributed by atoms with Crippen molar-refractivity contribution in [2.75, 3.05) is 5.32 Å². The first-order valence-electron chi connectivity index (χ1n) is 5.67. The molecule has 0 bridgehead atoms. The normalized spacial score (nSPS) is 10.3. The van der Waals surface area contributed by atoms with Crippen LogP contribution in [0.4, 0.5) is 10.1 Å². The number of carbonyl (C=O) groups excluding carboxylic acids is 1. The van der Waals surface area contributed by atoms with Crippen LogP contribution in [0.15, 0.2) is 30.6 Å². The number of aromatic nitrogens is 2. The molecule has 0 saturated carbocycles. The summed E-state index contributed by atoms with van der Waals surface area (Å²) in [5.41, 5.74) is 1.12. The van der Waals surface area contributed by atoms with E-state index in [4.69, 9.17) is 11.6 Å². The summed E-state index contributed by atoms with van der Waals surface area (Å²) in [5.74, 6) is -1.03. The number of pyridine rings is 2. The second-order valence-corrected chi connectivity index (χ2v) is 4.22. The monoisotopic (exact) mass is 279 g/mol. The molecule has 2 aromatic rings. The largest absolute Gasteiger partial charge is 0.319 e. The van der Waals surface area contributed by atoms with Gasteiger partial charge in [0.05, 0.1) is 11.9 Å². The van der Waals surface area contributed by atoms with Gasteiger partial charge in [0, 0.05) is 17.5 Å². The Morgan fingerprint density at radius 2 is 2.26 bits per heavy atom. The Morgan fingerprint density at radius 3 is 2.95 bits per heavy atom. The van der Waals surface area contributed by atoms with E-state index >= 15 is 0 Å². The van der Waals surface area contributed by atoms with Crippen molar-refractivity contribution in [2.45, 2.75) is 13.3 Å². The lowest BCUT2D eigenvalue weighted by atomic mass is 10.2. The molecule has 98 valence electrons. The maximum absolute atomic E-state index is 13.4. The van der Waals surface area contributed by atoms with Crippen molar-refractivity contribution in [3.8, 4) is 0 Å². The fourth-order valence-electron chi connectivity index (χ4n) is 1.53. The number of hydrogen-bond acceptors (Lipinski definition) is 3. The predicted molar refractivity (Wildman–Crippen MR) is 70.8 cm³/mol. The van der Waals surface area contributed by atoms with Crippen LogP contribution in [0.25, 0.3) is 0 Å². The van der Waals surface area contributed by atoms with Crippen molar-refractivity contribution in [2.24, 2.45) is 0 Å². The highest BCUT2D eigenvalue weighted by molar-refractivity contribution is 6.29. The van der Waals surface area contributed by atoms with Gasteiger partial charge in [0.25, 0.3) is 5.91 Å². The van der Waals surface area contributed by atoms with Crippen LogP contribution in [0.1, 0.15) is 23.0 Å². The van der Waals surface area contributed by atoms with Gasteiger partial charge < -0.3 is 5.32 Å². The number of carbonyl (C=O) groups is 1. The standard InChI is InChI=1S/C13H11ClFN3O/c1-2-9-5-8(6-12(14)17-9)13(19)18-11-3-4-16-7-10(11)15/h3-7H,2H2,1H3,(H,16,18,19). The van der Waals surface area contributed by atoms with Gasteiger partial charge in [-0.3, -0.25) is 9.78 Å². The minimum absolute atomic E-state index is 0.0750. The number of nitrogens with one attached hydrogen (secondary N) is 1. The molecule has 19 heavy (non-hydrogen) atoms. The van der Waals surface area contributed by atoms with Crippen LogP contribution in [-0.2, 0) is 6.42 Å². The zero-order valence-corrected chi connectivity index (χ0v) is 10.9. The number of aryl methyl sites for hydroxylation is 1. The predicted octanol–water partition coefficient (Wildman–Crippen LogP) is 3.08. The van der Waals surface area contributed by atoms with E-state index in [9.17, 15) is 9.18 Å². The van der Waals surface area contributed by atoms with E-state index in [1.165, 1.54) is 18.3 Å². The topological polar surface area (TPSA) is 54.9 Å². The van der Waals surface area contributed by atoms with Gasteiger partial charge in [0.2, 0.25) is 0 Å². The van der Waals surface area contributed by atoms with E-state index < -0.39 is 11.7 Å². The molecule has 2 aromatic heterocycles. The molecule has 0 unspecified atom stereocenters. The van der Waals surface area contributed by atoms with Crippen molar-refractivity contribution >= 4 is 23.2 Å². The van der Waals surface area contributed by atoms with Crippen LogP contribution >= 0.6 is 11.6 Å². The molecule has 1 amide bonds. The number of hydrogen-bond donors (Lipinski definition) is 1. The van der Waals surface area contributed by atoms with E-state index in [-0.39, 0.29) is 10.8 Å². The third-order valence-corrected chi connectivity index (χ3v) is 2.69. The minimum atomic E-state index is -0.591. The van der Waals surface area contributed by atoms with Gasteiger partial charge >= 0.3 is 0 Å². The first-order chi connectivity index (χ1) is 9.10. The summed E-state index contributed by atoms with van der Waals surface area (Å²) >= 11 is 5.83. The molecular formula is C13H11ClFN3O. The van der Waals surface area contributed by atoms with Gasteiger partial charge in [0.1, 0.15) is 5.15 Å². The summed E-state index contributed by atoms with van der Waals surface area (Å²) in [7, 11) is 0. The Hall–Kier alpha value is -2.01. The van der Waals surface area contributed by atoms with Crippen LogP contribution in [-0.4, -0.2) is 15.9 Å². The third-order valence-electron chi connectivity index (χ3n) is 2.49. The maximum atomic E-state index is 13.4. The van der Waals surface area contributed by atoms with E-state index in [1.54, 1.807) is 6.07 Å². The quantitative estimate of drug-likeness (QED) is 0.879. The van der Waals surface area contributed by atoms with Crippen LogP contribution in [0.5, 0.6) is 0 Å². The Labute approximate surface area is 114 Å². The van der Waals surface area contributed by atoms with Crippen molar-refractivity contribution in [3.05, 3.63) is 52.8 Å². The average Bonchev–Trinajstić information content (AvgIpc) is 2.40. The molecular weight excluding hydrogens is 269 g/mol. The lowest BCUT2D eigenvalue weighted by Gasteiger charge is -2.07. The van der Waals surface area contributed by atoms with Gasteiger partial charge in [-0.05, 0) is 24.6 Å². The maximum Gasteiger partial charge on any atom is 0.255 e. The van der Waals surface area contributed by atoms with Crippen molar-refractivity contribution < 1.29 is 9.18 Å². The lowest BCUT2D eigenvalue weighted by molar-refractivity contribution is 0.102. The highest BCUT2D eigenvalue weighted by atomic mass is 35.5. The summed E-state index contributed by atoms with van der Waals surface area (Å²) in [5, 5.41) is 2.70. The zero-order valence-electron chi connectivity index (χ0n) is 10.2. The summed E-state index contributed by atoms with van der Waals surface area (Å²) in [6, 6.07) is 4.45. The molecule has 2 rings (SSSR count). The van der Waals surface area contributed by atoms with Crippen molar-refractivity contribution in [1.29, 1.82) is 0 Å². The van der Waals surface area contributed by atoms with Crippen molar-refractivity contribution in [3.63, 3.8) is 0 Å². The van der Waals surface area contributed by atoms with E-state index in [0.717, 1.165) is 6.20 Å². The van der Waals surface area contributed by atoms with Gasteiger partial charge in [-0.15, -0.1) is 0 Å². The number of amides is 1. The first kappa shape index (κ1) is 13.4. The Morgan fingerprint density at radius 1 is 1.47 bits per heavy atom. The second kappa shape index (κ2) is 5.75. The summed E-state index contributed by atoms with van der Waals surface area (Å²) in [4.78, 5) is 19.7. The average molecular weight is 280 g/mol. The number of rotatable bonds is 3. The van der Waals surface area contributed by atoms with Gasteiger partial charge in [-0.1, -0.05) is 18.5 Å². The van der Waals surface area contributed by atoms with Gasteiger partial charge in [-0.2, -0.15) is 0 Å². The fraction of sp³-hybridized carbons (Fsp3) is 0.154. The van der Waals surface area contributed by atoms with Gasteiger partial charge in [-0.25, -0.2) is 9.37 Å². The highest BCUT2D eigenvalue weighted by Crippen LogP contribution is 2.15. The summed E-state index contributed by atoms with van der Waals surface area (Å²) in [6.45, 7) is 1.91. The molecule has 6 heteroatoms. The molecule has 0 aliphatic heterocycles. The molecule has 0 aliphatic rings. The van der Waals surface area contributed by atoms with Gasteiger partial charge in [0.15, 0.2) is 5.82 Å². The lowest BCUT2D eigenvalue weighted by Crippen LogP contribution is -2.14. The third kappa shape index (κ3) is 3.26. The smallest absolute Gasteiger partial charge is 0.255 e. The molecule has 0 fully saturated rings. The van der Waals surface area contributed by atoms with Crippen LogP contribution in [0.3, 0.4) is 0 Å². The molecule has 0 atom stereocenters. The van der Waals surface area contributed by atoms with Crippen LogP contribution in [0.2, 0.25) is 5.15 Å². The Balaban J connectivity index is 2.25. The summed E-state index contributed by atoms with van der Waals surface area (Å²) < 4.78 is 13.4. The van der Waals surface area contributed by atoms with Crippen LogP contribution < -0.4 is 5.32 Å². The molecule has 2 heterocycles. The molecule has 0 aromatic carbocycles. The molecule has 0 saturated heterocycles. The van der Waals surface area contributed by atoms with Crippen LogP contribution in [0, 0.1) is 5.82 Å². The molecule has 0 aliphatic carbocycles.